The van der Waals surface area contributed by atoms with Gasteiger partial charge in [-0.25, -0.2) is 0 Å². The summed E-state index contributed by atoms with van der Waals surface area (Å²) in [4.78, 5) is 17.1. The van der Waals surface area contributed by atoms with Crippen LogP contribution in [0.15, 0.2) is 0 Å². The van der Waals surface area contributed by atoms with Crippen LogP contribution in [0.4, 0.5) is 0 Å². The average Bonchev–Trinajstić information content (AvgIpc) is 2.47. The number of primary amides is 1. The van der Waals surface area contributed by atoms with Crippen molar-refractivity contribution in [3.63, 3.8) is 0 Å². The molecule has 122 valence electrons. The van der Waals surface area contributed by atoms with Gasteiger partial charge in [0.2, 0.25) is 5.91 Å². The molecule has 0 aromatic carbocycles. The number of piperazine rings is 1. The highest BCUT2D eigenvalue weighted by Crippen LogP contribution is 2.32. The lowest BCUT2D eigenvalue weighted by atomic mass is 9.77. The molecule has 1 amide bonds. The SMILES string of the molecule is CCN1CCN(C2CCCC(NC(C)C)(C(N)=O)C2)CC1. The number of hydrogen-bond donors (Lipinski definition) is 2. The molecule has 0 bridgehead atoms. The number of carbonyl (C=O) groups excluding carboxylic acids is 1. The van der Waals surface area contributed by atoms with Crippen LogP contribution in [0.3, 0.4) is 0 Å². The predicted octanol–water partition coefficient (Wildman–Crippen LogP) is 0.789. The molecule has 2 rings (SSSR count). The molecule has 0 aromatic rings. The summed E-state index contributed by atoms with van der Waals surface area (Å²) in [6, 6.07) is 0.782. The van der Waals surface area contributed by atoms with E-state index in [9.17, 15) is 4.79 Å². The minimum atomic E-state index is -0.501. The van der Waals surface area contributed by atoms with E-state index in [4.69, 9.17) is 5.73 Å². The zero-order valence-corrected chi connectivity index (χ0v) is 13.9. The molecule has 5 nitrogen and oxygen atoms in total. The molecule has 1 aliphatic carbocycles. The normalized spacial score (nSPS) is 32.5. The molecule has 0 spiro atoms. The molecule has 21 heavy (non-hydrogen) atoms. The number of nitrogens with zero attached hydrogens (tertiary/aromatic N) is 2. The highest BCUT2D eigenvalue weighted by molar-refractivity contribution is 5.85. The highest BCUT2D eigenvalue weighted by Gasteiger charge is 2.43. The molecule has 0 radical (unpaired) electrons. The maximum absolute atomic E-state index is 12.1. The van der Waals surface area contributed by atoms with Crippen molar-refractivity contribution in [2.24, 2.45) is 5.73 Å². The Morgan fingerprint density at radius 1 is 1.33 bits per heavy atom. The fraction of sp³-hybridized carbons (Fsp3) is 0.938. The molecule has 2 atom stereocenters. The van der Waals surface area contributed by atoms with E-state index < -0.39 is 5.54 Å². The quantitative estimate of drug-likeness (QED) is 0.787. The van der Waals surface area contributed by atoms with Crippen molar-refractivity contribution in [3.05, 3.63) is 0 Å². The molecule has 3 N–H and O–H groups in total. The number of nitrogens with two attached hydrogens (primary N) is 1. The molecule has 0 aromatic heterocycles. The van der Waals surface area contributed by atoms with E-state index >= 15 is 0 Å². The van der Waals surface area contributed by atoms with Crippen molar-refractivity contribution in [2.75, 3.05) is 32.7 Å². The molecule has 1 aliphatic heterocycles. The van der Waals surface area contributed by atoms with Gasteiger partial charge in [-0.2, -0.15) is 0 Å². The average molecular weight is 296 g/mol. The molecule has 5 heteroatoms. The van der Waals surface area contributed by atoms with E-state index in [1.165, 1.54) is 6.42 Å². The number of hydrogen-bond acceptors (Lipinski definition) is 4. The summed E-state index contributed by atoms with van der Waals surface area (Å²) >= 11 is 0. The first-order valence-electron chi connectivity index (χ1n) is 8.51. The molecule has 1 heterocycles. The summed E-state index contributed by atoms with van der Waals surface area (Å²) < 4.78 is 0. The van der Waals surface area contributed by atoms with Gasteiger partial charge in [-0.1, -0.05) is 6.92 Å². The van der Waals surface area contributed by atoms with Gasteiger partial charge in [0.05, 0.1) is 5.54 Å². The van der Waals surface area contributed by atoms with Crippen LogP contribution in [0.25, 0.3) is 0 Å². The van der Waals surface area contributed by atoms with Gasteiger partial charge in [-0.15, -0.1) is 0 Å². The van der Waals surface area contributed by atoms with Crippen molar-refractivity contribution in [1.29, 1.82) is 0 Å². The van der Waals surface area contributed by atoms with Crippen LogP contribution >= 0.6 is 0 Å². The Bertz CT molecular complexity index is 352. The third-order valence-electron chi connectivity index (χ3n) is 5.13. The Balaban J connectivity index is 2.00. The minimum Gasteiger partial charge on any atom is -0.368 e. The minimum absolute atomic E-state index is 0.173. The predicted molar refractivity (Wildman–Crippen MR) is 86.1 cm³/mol. The lowest BCUT2D eigenvalue weighted by molar-refractivity contribution is -0.127. The van der Waals surface area contributed by atoms with Gasteiger partial charge in [0.1, 0.15) is 0 Å². The van der Waals surface area contributed by atoms with Gasteiger partial charge in [0.25, 0.3) is 0 Å². The van der Waals surface area contributed by atoms with E-state index in [1.807, 2.05) is 0 Å². The van der Waals surface area contributed by atoms with Gasteiger partial charge in [-0.3, -0.25) is 9.69 Å². The Labute approximate surface area is 129 Å². The Hall–Kier alpha value is -0.650. The topological polar surface area (TPSA) is 61.6 Å². The van der Waals surface area contributed by atoms with Crippen molar-refractivity contribution in [2.45, 2.75) is 64.1 Å². The zero-order valence-electron chi connectivity index (χ0n) is 13.9. The molecular weight excluding hydrogens is 264 g/mol. The Morgan fingerprint density at radius 3 is 2.52 bits per heavy atom. The van der Waals surface area contributed by atoms with Crippen LogP contribution in [0.5, 0.6) is 0 Å². The fourth-order valence-electron chi connectivity index (χ4n) is 3.98. The second kappa shape index (κ2) is 7.07. The number of amides is 1. The van der Waals surface area contributed by atoms with E-state index in [0.29, 0.717) is 6.04 Å². The maximum Gasteiger partial charge on any atom is 0.237 e. The molecule has 1 saturated carbocycles. The first-order chi connectivity index (χ1) is 9.97. The second-order valence-corrected chi connectivity index (χ2v) is 6.97. The third kappa shape index (κ3) is 3.96. The third-order valence-corrected chi connectivity index (χ3v) is 5.13. The van der Waals surface area contributed by atoms with Crippen LogP contribution < -0.4 is 11.1 Å². The lowest BCUT2D eigenvalue weighted by Gasteiger charge is -2.46. The summed E-state index contributed by atoms with van der Waals surface area (Å²) in [6.45, 7) is 12.1. The largest absolute Gasteiger partial charge is 0.368 e. The molecule has 2 aliphatic rings. The summed E-state index contributed by atoms with van der Waals surface area (Å²) in [5.41, 5.74) is 5.26. The van der Waals surface area contributed by atoms with Crippen LogP contribution in [-0.2, 0) is 4.79 Å². The first-order valence-corrected chi connectivity index (χ1v) is 8.51. The molecular formula is C16H32N4O. The van der Waals surface area contributed by atoms with Crippen molar-refractivity contribution in [1.82, 2.24) is 15.1 Å². The van der Waals surface area contributed by atoms with E-state index in [2.05, 4.69) is 35.9 Å². The van der Waals surface area contributed by atoms with Crippen molar-refractivity contribution >= 4 is 5.91 Å². The second-order valence-electron chi connectivity index (χ2n) is 6.97. The standard InChI is InChI=1S/C16H32N4O/c1-4-19-8-10-20(11-9-19)14-6-5-7-16(12-14,15(17)21)18-13(2)3/h13-14,18H,4-12H2,1-3H3,(H2,17,21). The fourth-order valence-corrected chi connectivity index (χ4v) is 3.98. The lowest BCUT2D eigenvalue weighted by Crippen LogP contribution is -2.63. The summed E-state index contributed by atoms with van der Waals surface area (Å²) in [6.07, 6.45) is 4.03. The summed E-state index contributed by atoms with van der Waals surface area (Å²) in [5, 5.41) is 3.47. The van der Waals surface area contributed by atoms with E-state index in [1.54, 1.807) is 0 Å². The van der Waals surface area contributed by atoms with Crippen molar-refractivity contribution in [3.8, 4) is 0 Å². The highest BCUT2D eigenvalue weighted by atomic mass is 16.1. The number of carbonyl (C=O) groups is 1. The van der Waals surface area contributed by atoms with E-state index in [-0.39, 0.29) is 11.9 Å². The van der Waals surface area contributed by atoms with Crippen LogP contribution in [-0.4, -0.2) is 66.1 Å². The van der Waals surface area contributed by atoms with Gasteiger partial charge >= 0.3 is 0 Å². The van der Waals surface area contributed by atoms with Crippen molar-refractivity contribution < 1.29 is 4.79 Å². The van der Waals surface area contributed by atoms with Gasteiger partial charge in [0.15, 0.2) is 0 Å². The van der Waals surface area contributed by atoms with Crippen LogP contribution in [0.1, 0.15) is 46.5 Å². The zero-order chi connectivity index (χ0) is 15.5. The Kier molecular flexibility index (Phi) is 5.63. The summed E-state index contributed by atoms with van der Waals surface area (Å²) in [7, 11) is 0. The Morgan fingerprint density at radius 2 is 2.00 bits per heavy atom. The van der Waals surface area contributed by atoms with Crippen LogP contribution in [0.2, 0.25) is 0 Å². The molecule has 2 fully saturated rings. The van der Waals surface area contributed by atoms with Gasteiger partial charge in [0, 0.05) is 38.3 Å². The number of nitrogens with one attached hydrogen (secondary N) is 1. The molecule has 1 saturated heterocycles. The smallest absolute Gasteiger partial charge is 0.237 e. The summed E-state index contributed by atoms with van der Waals surface area (Å²) in [5.74, 6) is -0.173. The van der Waals surface area contributed by atoms with Crippen LogP contribution in [0, 0.1) is 0 Å². The number of likely N-dealkylation sites (N-methyl/N-ethyl adjacent to an activating group) is 1. The number of rotatable bonds is 5. The monoisotopic (exact) mass is 296 g/mol. The van der Waals surface area contributed by atoms with Gasteiger partial charge < -0.3 is 16.0 Å². The maximum atomic E-state index is 12.1. The molecule has 2 unspecified atom stereocenters. The van der Waals surface area contributed by atoms with E-state index in [0.717, 1.165) is 52.0 Å². The first kappa shape index (κ1) is 16.7. The van der Waals surface area contributed by atoms with Gasteiger partial charge in [-0.05, 0) is 46.1 Å².